The molecule has 1 aromatic carbocycles. The topological polar surface area (TPSA) is 38.3 Å². The van der Waals surface area contributed by atoms with Crippen molar-refractivity contribution in [1.82, 2.24) is 5.32 Å². The van der Waals surface area contributed by atoms with E-state index in [1.165, 1.54) is 0 Å². The van der Waals surface area contributed by atoms with Crippen LogP contribution in [0, 0.1) is 0 Å². The second-order valence-corrected chi connectivity index (χ2v) is 3.69. The summed E-state index contributed by atoms with van der Waals surface area (Å²) in [6, 6.07) is 10.0. The molecule has 2 rings (SSSR count). The lowest BCUT2D eigenvalue weighted by Gasteiger charge is -2.13. The molecule has 84 valence electrons. The third kappa shape index (κ3) is 2.08. The highest BCUT2D eigenvalue weighted by Crippen LogP contribution is 2.27. The number of nitrogens with one attached hydrogen (secondary N) is 1. The number of carbonyl (C=O) groups is 1. The second kappa shape index (κ2) is 4.84. The van der Waals surface area contributed by atoms with Crippen LogP contribution in [0.4, 0.5) is 0 Å². The molecule has 1 aromatic rings. The summed E-state index contributed by atoms with van der Waals surface area (Å²) in [7, 11) is 0. The third-order valence-electron chi connectivity index (χ3n) is 2.67. The van der Waals surface area contributed by atoms with Gasteiger partial charge in [0.1, 0.15) is 0 Å². The fourth-order valence-corrected chi connectivity index (χ4v) is 1.90. The van der Waals surface area contributed by atoms with E-state index in [9.17, 15) is 4.79 Å². The van der Waals surface area contributed by atoms with Gasteiger partial charge in [0, 0.05) is 18.7 Å². The van der Waals surface area contributed by atoms with Gasteiger partial charge in [-0.15, -0.1) is 0 Å². The fraction of sp³-hybridized carbons (Fsp3) is 0.308. The summed E-state index contributed by atoms with van der Waals surface area (Å²) < 4.78 is 5.03. The molecule has 1 unspecified atom stereocenters. The quantitative estimate of drug-likeness (QED) is 0.785. The van der Waals surface area contributed by atoms with Gasteiger partial charge in [-0.25, -0.2) is 4.79 Å². The van der Waals surface area contributed by atoms with E-state index < -0.39 is 0 Å². The van der Waals surface area contributed by atoms with Crippen LogP contribution in [0.5, 0.6) is 0 Å². The second-order valence-electron chi connectivity index (χ2n) is 3.69. The number of esters is 1. The molecule has 0 saturated heterocycles. The SMILES string of the molecule is CCOC(=O)C1=CNCC1c1ccccc1. The fourth-order valence-electron chi connectivity index (χ4n) is 1.90. The molecule has 16 heavy (non-hydrogen) atoms. The van der Waals surface area contributed by atoms with Gasteiger partial charge >= 0.3 is 5.97 Å². The molecule has 0 spiro atoms. The van der Waals surface area contributed by atoms with E-state index in [-0.39, 0.29) is 11.9 Å². The Balaban J connectivity index is 2.18. The molecule has 1 aliphatic heterocycles. The van der Waals surface area contributed by atoms with Gasteiger partial charge in [0.25, 0.3) is 0 Å². The predicted octanol–water partition coefficient (Wildman–Crippen LogP) is 1.82. The van der Waals surface area contributed by atoms with Crippen molar-refractivity contribution in [3.05, 3.63) is 47.7 Å². The van der Waals surface area contributed by atoms with Crippen molar-refractivity contribution in [2.75, 3.05) is 13.2 Å². The number of hydrogen-bond donors (Lipinski definition) is 1. The highest BCUT2D eigenvalue weighted by Gasteiger charge is 2.27. The third-order valence-corrected chi connectivity index (χ3v) is 2.67. The van der Waals surface area contributed by atoms with Gasteiger partial charge in [0.2, 0.25) is 0 Å². The Morgan fingerprint density at radius 3 is 2.88 bits per heavy atom. The zero-order chi connectivity index (χ0) is 11.4. The van der Waals surface area contributed by atoms with Crippen LogP contribution in [0.3, 0.4) is 0 Å². The molecular formula is C13H15NO2. The predicted molar refractivity (Wildman–Crippen MR) is 61.9 cm³/mol. The Morgan fingerprint density at radius 1 is 1.44 bits per heavy atom. The van der Waals surface area contributed by atoms with Crippen LogP contribution in [-0.2, 0) is 9.53 Å². The maximum atomic E-state index is 11.7. The van der Waals surface area contributed by atoms with Gasteiger partial charge < -0.3 is 10.1 Å². The average Bonchev–Trinajstić information content (AvgIpc) is 2.79. The van der Waals surface area contributed by atoms with Gasteiger partial charge in [-0.1, -0.05) is 30.3 Å². The minimum absolute atomic E-state index is 0.111. The smallest absolute Gasteiger partial charge is 0.336 e. The van der Waals surface area contributed by atoms with E-state index in [2.05, 4.69) is 5.32 Å². The van der Waals surface area contributed by atoms with E-state index in [1.807, 2.05) is 37.3 Å². The molecule has 0 fully saturated rings. The summed E-state index contributed by atoms with van der Waals surface area (Å²) in [6.07, 6.45) is 1.76. The Bertz CT molecular complexity index is 398. The first-order chi connectivity index (χ1) is 7.83. The molecule has 3 nitrogen and oxygen atoms in total. The van der Waals surface area contributed by atoms with Crippen LogP contribution in [-0.4, -0.2) is 19.1 Å². The molecule has 0 bridgehead atoms. The van der Waals surface area contributed by atoms with Crippen molar-refractivity contribution in [3.8, 4) is 0 Å². The van der Waals surface area contributed by atoms with Crippen LogP contribution < -0.4 is 5.32 Å². The lowest BCUT2D eigenvalue weighted by molar-refractivity contribution is -0.138. The molecule has 0 aromatic heterocycles. The maximum Gasteiger partial charge on any atom is 0.336 e. The molecule has 1 N–H and O–H groups in total. The number of benzene rings is 1. The first-order valence-corrected chi connectivity index (χ1v) is 5.48. The Morgan fingerprint density at radius 2 is 2.19 bits per heavy atom. The van der Waals surface area contributed by atoms with Crippen molar-refractivity contribution < 1.29 is 9.53 Å². The average molecular weight is 217 g/mol. The number of hydrogen-bond acceptors (Lipinski definition) is 3. The van der Waals surface area contributed by atoms with Crippen LogP contribution in [0.1, 0.15) is 18.4 Å². The van der Waals surface area contributed by atoms with Crippen LogP contribution in [0.25, 0.3) is 0 Å². The van der Waals surface area contributed by atoms with Gasteiger partial charge in [-0.2, -0.15) is 0 Å². The van der Waals surface area contributed by atoms with Crippen LogP contribution >= 0.6 is 0 Å². The van der Waals surface area contributed by atoms with Gasteiger partial charge in [-0.3, -0.25) is 0 Å². The molecule has 0 aliphatic carbocycles. The minimum Gasteiger partial charge on any atom is -0.463 e. The lowest BCUT2D eigenvalue weighted by atomic mass is 9.94. The highest BCUT2D eigenvalue weighted by molar-refractivity contribution is 5.90. The highest BCUT2D eigenvalue weighted by atomic mass is 16.5. The standard InChI is InChI=1S/C13H15NO2/c1-2-16-13(15)12-9-14-8-11(12)10-6-4-3-5-7-10/h3-7,9,11,14H,2,8H2,1H3. The first-order valence-electron chi connectivity index (χ1n) is 5.48. The molecule has 1 heterocycles. The number of carbonyl (C=O) groups excluding carboxylic acids is 1. The maximum absolute atomic E-state index is 11.7. The van der Waals surface area contributed by atoms with Crippen molar-refractivity contribution >= 4 is 5.97 Å². The van der Waals surface area contributed by atoms with Gasteiger partial charge in [0.05, 0.1) is 12.2 Å². The normalized spacial score (nSPS) is 18.8. The Labute approximate surface area is 95.1 Å². The molecule has 1 atom stereocenters. The largest absolute Gasteiger partial charge is 0.463 e. The Hall–Kier alpha value is -1.77. The van der Waals surface area contributed by atoms with E-state index >= 15 is 0 Å². The zero-order valence-corrected chi connectivity index (χ0v) is 9.27. The Kier molecular flexibility index (Phi) is 3.25. The monoisotopic (exact) mass is 217 g/mol. The van der Waals surface area contributed by atoms with Gasteiger partial charge in [-0.05, 0) is 12.5 Å². The van der Waals surface area contributed by atoms with Gasteiger partial charge in [0.15, 0.2) is 0 Å². The summed E-state index contributed by atoms with van der Waals surface area (Å²) in [6.45, 7) is 2.99. The van der Waals surface area contributed by atoms with Crippen LogP contribution in [0.2, 0.25) is 0 Å². The summed E-state index contributed by atoms with van der Waals surface area (Å²) in [5.41, 5.74) is 1.86. The van der Waals surface area contributed by atoms with E-state index in [0.29, 0.717) is 12.2 Å². The summed E-state index contributed by atoms with van der Waals surface area (Å²) in [5, 5.41) is 3.10. The van der Waals surface area contributed by atoms with E-state index in [4.69, 9.17) is 4.74 Å². The number of ether oxygens (including phenoxy) is 1. The molecule has 0 amide bonds. The molecule has 1 aliphatic rings. The first kappa shape index (κ1) is 10.7. The van der Waals surface area contributed by atoms with Crippen molar-refractivity contribution in [1.29, 1.82) is 0 Å². The minimum atomic E-state index is -0.221. The zero-order valence-electron chi connectivity index (χ0n) is 9.27. The summed E-state index contributed by atoms with van der Waals surface area (Å²) in [4.78, 5) is 11.7. The lowest BCUT2D eigenvalue weighted by Crippen LogP contribution is -2.14. The van der Waals surface area contributed by atoms with Crippen molar-refractivity contribution in [2.24, 2.45) is 0 Å². The van der Waals surface area contributed by atoms with Crippen LogP contribution in [0.15, 0.2) is 42.1 Å². The molecule has 0 radical (unpaired) electrons. The summed E-state index contributed by atoms with van der Waals surface area (Å²) >= 11 is 0. The molecule has 3 heteroatoms. The molecule has 0 saturated carbocycles. The van der Waals surface area contributed by atoms with Crippen molar-refractivity contribution in [2.45, 2.75) is 12.8 Å². The van der Waals surface area contributed by atoms with E-state index in [1.54, 1.807) is 6.20 Å². The summed E-state index contributed by atoms with van der Waals surface area (Å²) in [5.74, 6) is -0.110. The van der Waals surface area contributed by atoms with E-state index in [0.717, 1.165) is 12.1 Å². The number of rotatable bonds is 3. The molecular weight excluding hydrogens is 202 g/mol. The van der Waals surface area contributed by atoms with Crippen molar-refractivity contribution in [3.63, 3.8) is 0 Å².